The summed E-state index contributed by atoms with van der Waals surface area (Å²) in [7, 11) is 0. The van der Waals surface area contributed by atoms with E-state index >= 15 is 0 Å². The molecule has 1 saturated carbocycles. The molecule has 0 aromatic carbocycles. The number of hydrogen-bond acceptors (Lipinski definition) is 10. The summed E-state index contributed by atoms with van der Waals surface area (Å²) in [5.41, 5.74) is 10.8. The van der Waals surface area contributed by atoms with Gasteiger partial charge in [0.1, 0.15) is 18.3 Å². The number of ether oxygens (including phenoxy) is 4. The Morgan fingerprint density at radius 3 is 1.92 bits per heavy atom. The summed E-state index contributed by atoms with van der Waals surface area (Å²) in [6, 6.07) is 0. The van der Waals surface area contributed by atoms with Crippen LogP contribution in [0, 0.1) is 34.5 Å². The standard InChI is InChI=1S/C43H80N2O8/c1-10-14-15-16-28-50-38(46)21-18-31(5)36-20-19-33(30-35(13-4)52-39(47)17-11-2)43(36,9)37(53-41(49)24-27-45)29-32(6)42(7,8)25-22-34(12-3)51-40(48)23-26-44/h31-37H,10-30,44-45H2,1-9H3/t31-,32-,33+,34+,35-,36-,37+,43+/m1/s1. The molecule has 0 saturated heterocycles. The molecule has 0 aromatic heterocycles. The molecule has 4 N–H and O–H groups in total. The van der Waals surface area contributed by atoms with Crippen molar-refractivity contribution in [2.75, 3.05) is 19.7 Å². The highest BCUT2D eigenvalue weighted by Crippen LogP contribution is 2.58. The third-order valence-electron chi connectivity index (χ3n) is 12.4. The zero-order chi connectivity index (χ0) is 40.0. The first-order valence-electron chi connectivity index (χ1n) is 21.3. The van der Waals surface area contributed by atoms with Crippen molar-refractivity contribution in [1.82, 2.24) is 0 Å². The van der Waals surface area contributed by atoms with E-state index in [1.54, 1.807) is 0 Å². The zero-order valence-corrected chi connectivity index (χ0v) is 35.3. The van der Waals surface area contributed by atoms with Crippen molar-refractivity contribution in [1.29, 1.82) is 0 Å². The van der Waals surface area contributed by atoms with Gasteiger partial charge in [-0.15, -0.1) is 0 Å². The maximum Gasteiger partial charge on any atom is 0.307 e. The number of carbonyl (C=O) groups excluding carboxylic acids is 4. The van der Waals surface area contributed by atoms with Crippen LogP contribution in [0.25, 0.3) is 0 Å². The maximum atomic E-state index is 13.4. The molecule has 0 aromatic rings. The Hall–Kier alpha value is -2.20. The van der Waals surface area contributed by atoms with Crippen LogP contribution in [0.2, 0.25) is 0 Å². The lowest BCUT2D eigenvalue weighted by atomic mass is 9.61. The smallest absolute Gasteiger partial charge is 0.307 e. The molecule has 10 nitrogen and oxygen atoms in total. The quantitative estimate of drug-likeness (QED) is 0.0430. The van der Waals surface area contributed by atoms with Crippen molar-refractivity contribution in [2.45, 2.75) is 196 Å². The van der Waals surface area contributed by atoms with Gasteiger partial charge in [0, 0.05) is 31.3 Å². The molecule has 0 unspecified atom stereocenters. The van der Waals surface area contributed by atoms with Gasteiger partial charge in [0.25, 0.3) is 0 Å². The van der Waals surface area contributed by atoms with Gasteiger partial charge >= 0.3 is 23.9 Å². The van der Waals surface area contributed by atoms with Gasteiger partial charge in [-0.2, -0.15) is 0 Å². The first-order chi connectivity index (χ1) is 25.1. The topological polar surface area (TPSA) is 157 Å². The fourth-order valence-corrected chi connectivity index (χ4v) is 8.37. The second-order valence-corrected chi connectivity index (χ2v) is 16.8. The summed E-state index contributed by atoms with van der Waals surface area (Å²) in [6.45, 7) is 20.4. The summed E-state index contributed by atoms with van der Waals surface area (Å²) in [6.07, 6.45) is 12.1. The van der Waals surface area contributed by atoms with Gasteiger partial charge in [-0.05, 0) is 99.7 Å². The summed E-state index contributed by atoms with van der Waals surface area (Å²) in [5, 5.41) is 0. The van der Waals surface area contributed by atoms with Gasteiger partial charge in [-0.25, -0.2) is 0 Å². The Bertz CT molecular complexity index is 1070. The van der Waals surface area contributed by atoms with E-state index in [1.165, 1.54) is 0 Å². The highest BCUT2D eigenvalue weighted by molar-refractivity contribution is 5.70. The minimum atomic E-state index is -0.438. The minimum absolute atomic E-state index is 0.136. The van der Waals surface area contributed by atoms with Crippen LogP contribution >= 0.6 is 0 Å². The lowest BCUT2D eigenvalue weighted by Crippen LogP contribution is -2.48. The third kappa shape index (κ3) is 17.0. The zero-order valence-electron chi connectivity index (χ0n) is 35.3. The predicted octanol–water partition coefficient (Wildman–Crippen LogP) is 8.83. The molecule has 0 radical (unpaired) electrons. The van der Waals surface area contributed by atoms with Crippen LogP contribution < -0.4 is 11.5 Å². The number of unbranched alkanes of at least 4 members (excludes halogenated alkanes) is 3. The van der Waals surface area contributed by atoms with E-state index in [2.05, 4.69) is 48.5 Å². The molecule has 310 valence electrons. The summed E-state index contributed by atoms with van der Waals surface area (Å²) in [5.74, 6) is -0.251. The maximum absolute atomic E-state index is 13.4. The molecule has 53 heavy (non-hydrogen) atoms. The van der Waals surface area contributed by atoms with E-state index in [0.717, 1.165) is 64.2 Å². The molecule has 1 aliphatic rings. The van der Waals surface area contributed by atoms with Crippen molar-refractivity contribution >= 4 is 23.9 Å². The van der Waals surface area contributed by atoms with Crippen LogP contribution in [-0.2, 0) is 38.1 Å². The number of carbonyl (C=O) groups is 4. The van der Waals surface area contributed by atoms with Crippen LogP contribution in [0.3, 0.4) is 0 Å². The summed E-state index contributed by atoms with van der Waals surface area (Å²) in [4.78, 5) is 51.0. The normalized spacial score (nSPS) is 21.6. The lowest BCUT2D eigenvalue weighted by Gasteiger charge is -2.48. The van der Waals surface area contributed by atoms with Crippen LogP contribution in [0.5, 0.6) is 0 Å². The van der Waals surface area contributed by atoms with Crippen LogP contribution in [0.4, 0.5) is 0 Å². The van der Waals surface area contributed by atoms with Gasteiger partial charge in [0.15, 0.2) is 0 Å². The predicted molar refractivity (Wildman–Crippen MR) is 212 cm³/mol. The molecular formula is C43H80N2O8. The van der Waals surface area contributed by atoms with E-state index in [4.69, 9.17) is 30.4 Å². The highest BCUT2D eigenvalue weighted by Gasteiger charge is 2.55. The Balaban J connectivity index is 3.43. The Labute approximate surface area is 323 Å². The molecule has 1 aliphatic carbocycles. The fourth-order valence-electron chi connectivity index (χ4n) is 8.37. The SMILES string of the molecule is CCCCCCOC(=O)CC[C@@H](C)[C@H]1CC[C@@H](C[C@@H](CC)OC(=O)CCC)[C@]1(C)[C@H](C[C@@H](C)C(C)(C)CC[C@H](CC)OC(=O)CCN)OC(=O)CCN. The molecule has 0 aliphatic heterocycles. The van der Waals surface area contributed by atoms with Gasteiger partial charge in [-0.1, -0.05) is 81.6 Å². The second kappa shape index (κ2) is 25.8. The average Bonchev–Trinajstić information content (AvgIpc) is 3.44. The molecular weight excluding hydrogens is 672 g/mol. The molecule has 1 fully saturated rings. The molecule has 0 spiro atoms. The van der Waals surface area contributed by atoms with Crippen molar-refractivity contribution in [3.8, 4) is 0 Å². The van der Waals surface area contributed by atoms with E-state index in [0.29, 0.717) is 45.1 Å². The number of hydrogen-bond donors (Lipinski definition) is 2. The highest BCUT2D eigenvalue weighted by atomic mass is 16.6. The van der Waals surface area contributed by atoms with Gasteiger partial charge in [-0.3, -0.25) is 19.2 Å². The average molecular weight is 753 g/mol. The largest absolute Gasteiger partial charge is 0.466 e. The lowest BCUT2D eigenvalue weighted by molar-refractivity contribution is -0.166. The fraction of sp³-hybridized carbons (Fsp3) is 0.907. The monoisotopic (exact) mass is 753 g/mol. The first-order valence-corrected chi connectivity index (χ1v) is 21.3. The Morgan fingerprint density at radius 1 is 0.736 bits per heavy atom. The molecule has 1 rings (SSSR count). The van der Waals surface area contributed by atoms with Crippen molar-refractivity contribution in [2.24, 2.45) is 46.0 Å². The molecule has 0 bridgehead atoms. The van der Waals surface area contributed by atoms with Gasteiger partial charge in [0.2, 0.25) is 0 Å². The molecule has 10 heteroatoms. The molecule has 0 amide bonds. The second-order valence-electron chi connectivity index (χ2n) is 16.8. The Kier molecular flexibility index (Phi) is 23.8. The summed E-state index contributed by atoms with van der Waals surface area (Å²) >= 11 is 0. The minimum Gasteiger partial charge on any atom is -0.466 e. The van der Waals surface area contributed by atoms with E-state index in [9.17, 15) is 19.2 Å². The van der Waals surface area contributed by atoms with E-state index in [1.807, 2.05) is 13.8 Å². The number of rotatable bonds is 29. The molecule has 0 heterocycles. The van der Waals surface area contributed by atoms with Crippen molar-refractivity contribution in [3.63, 3.8) is 0 Å². The van der Waals surface area contributed by atoms with Gasteiger partial charge < -0.3 is 30.4 Å². The third-order valence-corrected chi connectivity index (χ3v) is 12.4. The van der Waals surface area contributed by atoms with Crippen molar-refractivity contribution < 1.29 is 38.1 Å². The van der Waals surface area contributed by atoms with Crippen LogP contribution in [-0.4, -0.2) is 61.9 Å². The summed E-state index contributed by atoms with van der Waals surface area (Å²) < 4.78 is 23.9. The first kappa shape index (κ1) is 48.8. The molecule has 8 atom stereocenters. The van der Waals surface area contributed by atoms with E-state index < -0.39 is 11.5 Å². The van der Waals surface area contributed by atoms with E-state index in [-0.39, 0.29) is 91.1 Å². The van der Waals surface area contributed by atoms with Crippen LogP contribution in [0.15, 0.2) is 0 Å². The van der Waals surface area contributed by atoms with Crippen molar-refractivity contribution in [3.05, 3.63) is 0 Å². The number of esters is 4. The van der Waals surface area contributed by atoms with Gasteiger partial charge in [0.05, 0.1) is 19.4 Å². The Morgan fingerprint density at radius 2 is 1.34 bits per heavy atom. The number of nitrogens with two attached hydrogens (primary N) is 2. The van der Waals surface area contributed by atoms with Crippen LogP contribution in [0.1, 0.15) is 178 Å².